The third-order valence-corrected chi connectivity index (χ3v) is 7.50. The molecule has 0 bridgehead atoms. The average molecular weight is 498 g/mol. The number of carboxylic acids is 1. The van der Waals surface area contributed by atoms with Crippen LogP contribution in [0.25, 0.3) is 27.5 Å². The number of hydrogen-bond donors (Lipinski definition) is 3. The molecule has 1 aliphatic carbocycles. The van der Waals surface area contributed by atoms with E-state index in [2.05, 4.69) is 10.2 Å². The molecule has 1 aliphatic rings. The minimum Gasteiger partial charge on any atom is -0.479 e. The second-order valence-electron chi connectivity index (χ2n) is 10.4. The van der Waals surface area contributed by atoms with Crippen LogP contribution in [0.3, 0.4) is 0 Å². The number of aromatic amines is 1. The number of aliphatic carboxylic acids is 1. The van der Waals surface area contributed by atoms with Gasteiger partial charge in [0.2, 0.25) is 0 Å². The van der Waals surface area contributed by atoms with E-state index in [-0.39, 0.29) is 30.1 Å². The van der Waals surface area contributed by atoms with Crippen LogP contribution >= 0.6 is 0 Å². The van der Waals surface area contributed by atoms with Gasteiger partial charge in [-0.2, -0.15) is 5.10 Å². The molecule has 2 aromatic heterocycles. The van der Waals surface area contributed by atoms with E-state index in [1.807, 2.05) is 24.5 Å². The molecule has 0 amide bonds. The number of nitrogens with one attached hydrogen (secondary N) is 1. The van der Waals surface area contributed by atoms with Crippen LogP contribution in [0.2, 0.25) is 0 Å². The molecule has 2 heterocycles. The molecular weight excluding hydrogens is 468 g/mol. The first kappa shape index (κ1) is 24.4. The van der Waals surface area contributed by atoms with E-state index in [1.54, 1.807) is 25.4 Å². The van der Waals surface area contributed by atoms with Gasteiger partial charge in [0.15, 0.2) is 11.4 Å². The Bertz CT molecular complexity index is 1450. The summed E-state index contributed by atoms with van der Waals surface area (Å²) < 4.78 is 37.6. The van der Waals surface area contributed by atoms with Crippen molar-refractivity contribution in [2.45, 2.75) is 56.5 Å². The van der Waals surface area contributed by atoms with Gasteiger partial charge in [-0.15, -0.1) is 0 Å². The maximum Gasteiger partial charge on any atom is 0.335 e. The molecular formula is C27H29F2N3O4. The molecule has 1 fully saturated rings. The van der Waals surface area contributed by atoms with Gasteiger partial charge in [-0.05, 0) is 67.5 Å². The molecule has 2 aromatic carbocycles. The number of aliphatic hydroxyl groups is 1. The number of methoxy groups -OCH3 is 1. The van der Waals surface area contributed by atoms with Crippen LogP contribution in [0.1, 0.15) is 56.7 Å². The Morgan fingerprint density at radius 1 is 1.25 bits per heavy atom. The highest BCUT2D eigenvalue weighted by Crippen LogP contribution is 2.48. The van der Waals surface area contributed by atoms with E-state index < -0.39 is 22.8 Å². The molecule has 1 saturated carbocycles. The van der Waals surface area contributed by atoms with Gasteiger partial charge < -0.3 is 19.5 Å². The van der Waals surface area contributed by atoms with Crippen LogP contribution in [0.4, 0.5) is 8.78 Å². The van der Waals surface area contributed by atoms with Crippen molar-refractivity contribution < 1.29 is 28.5 Å². The van der Waals surface area contributed by atoms with Crippen LogP contribution < -0.4 is 0 Å². The van der Waals surface area contributed by atoms with Crippen molar-refractivity contribution in [3.05, 3.63) is 59.4 Å². The highest BCUT2D eigenvalue weighted by atomic mass is 19.1. The molecule has 0 spiro atoms. The van der Waals surface area contributed by atoms with Gasteiger partial charge in [0.05, 0.1) is 18.3 Å². The summed E-state index contributed by atoms with van der Waals surface area (Å²) in [4.78, 5) is 11.7. The van der Waals surface area contributed by atoms with E-state index in [1.165, 1.54) is 12.1 Å². The summed E-state index contributed by atoms with van der Waals surface area (Å²) in [6.07, 6.45) is 2.44. The van der Waals surface area contributed by atoms with Crippen LogP contribution in [-0.2, 0) is 14.9 Å². The highest BCUT2D eigenvalue weighted by molar-refractivity contribution is 6.00. The van der Waals surface area contributed by atoms with Crippen LogP contribution in [0.15, 0.2) is 36.5 Å². The van der Waals surface area contributed by atoms with E-state index >= 15 is 4.39 Å². The zero-order chi connectivity index (χ0) is 25.8. The zero-order valence-electron chi connectivity index (χ0n) is 20.4. The Hall–Kier alpha value is -3.30. The second kappa shape index (κ2) is 8.67. The van der Waals surface area contributed by atoms with E-state index in [0.29, 0.717) is 41.4 Å². The lowest BCUT2D eigenvalue weighted by atomic mass is 9.73. The molecule has 5 rings (SSSR count). The van der Waals surface area contributed by atoms with E-state index in [0.717, 1.165) is 11.3 Å². The van der Waals surface area contributed by atoms with Crippen molar-refractivity contribution in [3.8, 4) is 5.69 Å². The van der Waals surface area contributed by atoms with Gasteiger partial charge in [-0.1, -0.05) is 13.8 Å². The normalized spacial score (nSPS) is 20.9. The lowest BCUT2D eigenvalue weighted by Crippen LogP contribution is -2.42. The van der Waals surface area contributed by atoms with E-state index in [4.69, 9.17) is 4.74 Å². The Balaban J connectivity index is 1.85. The molecule has 4 aromatic rings. The summed E-state index contributed by atoms with van der Waals surface area (Å²) >= 11 is 0. The number of ether oxygens (including phenoxy) is 1. The molecule has 190 valence electrons. The van der Waals surface area contributed by atoms with Gasteiger partial charge >= 0.3 is 5.97 Å². The fourth-order valence-electron chi connectivity index (χ4n) is 5.78. The largest absolute Gasteiger partial charge is 0.479 e. The lowest BCUT2D eigenvalue weighted by molar-refractivity contribution is -0.162. The van der Waals surface area contributed by atoms with Gasteiger partial charge in [-0.3, -0.25) is 5.10 Å². The summed E-state index contributed by atoms with van der Waals surface area (Å²) in [5.74, 6) is -2.25. The predicted octanol–water partition coefficient (Wildman–Crippen LogP) is 5.18. The first-order valence-electron chi connectivity index (χ1n) is 12.0. The van der Waals surface area contributed by atoms with Gasteiger partial charge in [0.1, 0.15) is 11.3 Å². The van der Waals surface area contributed by atoms with Crippen molar-refractivity contribution in [3.63, 3.8) is 0 Å². The topological polar surface area (TPSA) is 100 Å². The Morgan fingerprint density at radius 3 is 2.53 bits per heavy atom. The van der Waals surface area contributed by atoms with Gasteiger partial charge in [0, 0.05) is 34.7 Å². The quantitative estimate of drug-likeness (QED) is 0.341. The molecule has 9 heteroatoms. The number of carbonyl (C=O) groups is 1. The summed E-state index contributed by atoms with van der Waals surface area (Å²) in [6, 6.07) is 7.92. The Kier molecular flexibility index (Phi) is 5.88. The number of aromatic nitrogens is 3. The van der Waals surface area contributed by atoms with Gasteiger partial charge in [0.25, 0.3) is 0 Å². The van der Waals surface area contributed by atoms with Gasteiger partial charge in [-0.25, -0.2) is 13.6 Å². The highest BCUT2D eigenvalue weighted by Gasteiger charge is 2.43. The Labute approximate surface area is 206 Å². The Morgan fingerprint density at radius 2 is 1.92 bits per heavy atom. The number of carboxylic acid groups (broad SMARTS) is 1. The first-order chi connectivity index (χ1) is 17.1. The van der Waals surface area contributed by atoms with Crippen molar-refractivity contribution in [1.82, 2.24) is 14.8 Å². The van der Waals surface area contributed by atoms with Crippen molar-refractivity contribution >= 4 is 27.8 Å². The van der Waals surface area contributed by atoms with Crippen LogP contribution in [-0.4, -0.2) is 50.3 Å². The molecule has 0 saturated heterocycles. The minimum atomic E-state index is -1.79. The van der Waals surface area contributed by atoms with Crippen LogP contribution in [0.5, 0.6) is 0 Å². The molecule has 36 heavy (non-hydrogen) atoms. The maximum atomic E-state index is 16.2. The zero-order valence-corrected chi connectivity index (χ0v) is 20.4. The second-order valence-corrected chi connectivity index (χ2v) is 10.4. The standard InChI is InChI=1S/C27H29F2N3O4/c1-26(2,14-36-3)24-20(15-8-10-27(35,11-9-15)25(33)34)21-19(12-16-13-30-31-23(16)22(21)29)32(24)18-6-4-17(28)5-7-18/h4-7,12-13,15,35H,8-11,14H2,1-3H3,(H,30,31)(H,33,34)/t15-,27+. The molecule has 3 N–H and O–H groups in total. The van der Waals surface area contributed by atoms with E-state index in [9.17, 15) is 19.4 Å². The first-order valence-corrected chi connectivity index (χ1v) is 12.0. The average Bonchev–Trinajstić information content (AvgIpc) is 3.44. The monoisotopic (exact) mass is 497 g/mol. The number of hydrogen-bond acceptors (Lipinski definition) is 4. The molecule has 0 aliphatic heterocycles. The van der Waals surface area contributed by atoms with Crippen LogP contribution in [0, 0.1) is 11.6 Å². The fraction of sp³-hybridized carbons (Fsp3) is 0.407. The number of fused-ring (bicyclic) bond motifs is 2. The predicted molar refractivity (Wildman–Crippen MR) is 132 cm³/mol. The molecule has 7 nitrogen and oxygen atoms in total. The smallest absolute Gasteiger partial charge is 0.335 e. The van der Waals surface area contributed by atoms with Crippen molar-refractivity contribution in [1.29, 1.82) is 0 Å². The minimum absolute atomic E-state index is 0.0638. The summed E-state index contributed by atoms with van der Waals surface area (Å²) in [5, 5.41) is 27.9. The third kappa shape index (κ3) is 3.77. The summed E-state index contributed by atoms with van der Waals surface area (Å²) in [5.41, 5.74) is 0.774. The summed E-state index contributed by atoms with van der Waals surface area (Å²) in [7, 11) is 1.61. The van der Waals surface area contributed by atoms with Crippen molar-refractivity contribution in [2.24, 2.45) is 0 Å². The molecule has 0 atom stereocenters. The maximum absolute atomic E-state index is 16.2. The third-order valence-electron chi connectivity index (χ3n) is 7.50. The lowest BCUT2D eigenvalue weighted by Gasteiger charge is -2.35. The SMILES string of the molecule is COCC(C)(C)c1c([C@H]2CC[C@](O)(C(=O)O)CC2)c2c(F)c3[nH]ncc3cc2n1-c1ccc(F)cc1. The molecule has 0 unspecified atom stereocenters. The fourth-order valence-corrected chi connectivity index (χ4v) is 5.78. The number of H-pyrrole nitrogens is 1. The number of rotatable bonds is 6. The number of benzene rings is 2. The number of halogens is 2. The number of nitrogens with zero attached hydrogens (tertiary/aromatic N) is 2. The van der Waals surface area contributed by atoms with Crippen molar-refractivity contribution in [2.75, 3.05) is 13.7 Å². The molecule has 0 radical (unpaired) electrons. The summed E-state index contributed by atoms with van der Waals surface area (Å²) in [6.45, 7) is 4.36.